The van der Waals surface area contributed by atoms with E-state index in [0.717, 1.165) is 5.56 Å². The Balaban J connectivity index is 1.85. The molecular weight excluding hydrogens is 392 g/mol. The molecule has 5 N–H and O–H groups in total. The second-order valence-corrected chi connectivity index (χ2v) is 7.36. The normalized spacial score (nSPS) is 11.4. The van der Waals surface area contributed by atoms with Gasteiger partial charge in [0, 0.05) is 5.56 Å². The number of rotatable bonds is 5. The Labute approximate surface area is 179 Å². The lowest BCUT2D eigenvalue weighted by atomic mass is 9.92. The van der Waals surface area contributed by atoms with E-state index in [0.29, 0.717) is 34.9 Å². The maximum atomic E-state index is 10.8. The quantitative estimate of drug-likeness (QED) is 0.225. The van der Waals surface area contributed by atoms with Crippen molar-refractivity contribution in [3.8, 4) is 28.7 Å². The van der Waals surface area contributed by atoms with Gasteiger partial charge >= 0.3 is 0 Å². The zero-order chi connectivity index (χ0) is 22.0. The lowest BCUT2D eigenvalue weighted by Gasteiger charge is -2.16. The summed E-state index contributed by atoms with van der Waals surface area (Å²) in [4.78, 5) is 0. The molecule has 0 radical (unpaired) electrons. The zero-order valence-electron chi connectivity index (χ0n) is 16.7. The standard InChI is InChI=1S/C26H22O5/c27-21-14-11-17(15-23(21)29)10-12-18-19-7-4-8-22(28)24(19)26(31)25(30)20(18)13-9-16-5-2-1-3-6-16/h1-8,10-12,14-15,27-31H,9,13H2. The predicted molar refractivity (Wildman–Crippen MR) is 121 cm³/mol. The van der Waals surface area contributed by atoms with Gasteiger partial charge in [-0.25, -0.2) is 0 Å². The third kappa shape index (κ3) is 3.98. The van der Waals surface area contributed by atoms with Crippen LogP contribution in [0.2, 0.25) is 0 Å². The highest BCUT2D eigenvalue weighted by atomic mass is 16.3. The first kappa shape index (κ1) is 20.2. The van der Waals surface area contributed by atoms with E-state index < -0.39 is 0 Å². The molecule has 0 bridgehead atoms. The van der Waals surface area contributed by atoms with Crippen molar-refractivity contribution < 1.29 is 25.5 Å². The van der Waals surface area contributed by atoms with Crippen LogP contribution >= 0.6 is 0 Å². The second kappa shape index (κ2) is 8.32. The average molecular weight is 414 g/mol. The van der Waals surface area contributed by atoms with E-state index in [1.807, 2.05) is 30.3 Å². The fourth-order valence-electron chi connectivity index (χ4n) is 3.75. The summed E-state index contributed by atoms with van der Waals surface area (Å²) in [5.41, 5.74) is 2.95. The van der Waals surface area contributed by atoms with E-state index in [1.165, 1.54) is 18.2 Å². The highest BCUT2D eigenvalue weighted by Crippen LogP contribution is 2.45. The number of phenolic OH excluding ortho intramolecular Hbond substituents is 5. The number of hydrogen-bond donors (Lipinski definition) is 5. The number of aryl methyl sites for hydroxylation is 1. The smallest absolute Gasteiger partial charge is 0.169 e. The summed E-state index contributed by atoms with van der Waals surface area (Å²) >= 11 is 0. The van der Waals surface area contributed by atoms with Crippen molar-refractivity contribution in [1.82, 2.24) is 0 Å². The van der Waals surface area contributed by atoms with E-state index in [9.17, 15) is 25.5 Å². The first-order chi connectivity index (χ1) is 15.0. The second-order valence-electron chi connectivity index (χ2n) is 7.36. The van der Waals surface area contributed by atoms with Crippen LogP contribution in [0.1, 0.15) is 22.3 Å². The molecular formula is C26H22O5. The van der Waals surface area contributed by atoms with Gasteiger partial charge in [-0.3, -0.25) is 0 Å². The summed E-state index contributed by atoms with van der Waals surface area (Å²) in [5.74, 6) is -1.19. The van der Waals surface area contributed by atoms with Gasteiger partial charge in [0.1, 0.15) is 5.75 Å². The first-order valence-electron chi connectivity index (χ1n) is 9.88. The fourth-order valence-corrected chi connectivity index (χ4v) is 3.75. The van der Waals surface area contributed by atoms with Gasteiger partial charge < -0.3 is 25.5 Å². The Hall–Kier alpha value is -4.12. The van der Waals surface area contributed by atoms with Crippen molar-refractivity contribution >= 4 is 22.9 Å². The number of aromatic hydroxyl groups is 5. The van der Waals surface area contributed by atoms with Gasteiger partial charge in [-0.1, -0.05) is 60.7 Å². The molecule has 0 fully saturated rings. The monoisotopic (exact) mass is 414 g/mol. The summed E-state index contributed by atoms with van der Waals surface area (Å²) in [7, 11) is 0. The molecule has 0 spiro atoms. The fraction of sp³-hybridized carbons (Fsp3) is 0.0769. The first-order valence-corrected chi connectivity index (χ1v) is 9.88. The van der Waals surface area contributed by atoms with Gasteiger partial charge in [0.25, 0.3) is 0 Å². The number of fused-ring (bicyclic) bond motifs is 1. The highest BCUT2D eigenvalue weighted by Gasteiger charge is 2.19. The predicted octanol–water partition coefficient (Wildman–Crippen LogP) is 5.32. The molecule has 4 aromatic rings. The molecule has 0 aliphatic rings. The van der Waals surface area contributed by atoms with Crippen LogP contribution in [-0.4, -0.2) is 25.5 Å². The van der Waals surface area contributed by atoms with Crippen LogP contribution < -0.4 is 0 Å². The molecule has 0 atom stereocenters. The van der Waals surface area contributed by atoms with Gasteiger partial charge in [-0.15, -0.1) is 0 Å². The molecule has 0 aliphatic carbocycles. The Morgan fingerprint density at radius 2 is 1.39 bits per heavy atom. The van der Waals surface area contributed by atoms with Crippen molar-refractivity contribution in [3.05, 3.63) is 89.0 Å². The van der Waals surface area contributed by atoms with Gasteiger partial charge in [0.2, 0.25) is 0 Å². The lowest BCUT2D eigenvalue weighted by Crippen LogP contribution is -1.97. The third-order valence-electron chi connectivity index (χ3n) is 5.35. The summed E-state index contributed by atoms with van der Waals surface area (Å²) in [6.45, 7) is 0. The van der Waals surface area contributed by atoms with Crippen LogP contribution in [0.3, 0.4) is 0 Å². The van der Waals surface area contributed by atoms with Crippen molar-refractivity contribution in [2.45, 2.75) is 12.8 Å². The maximum Gasteiger partial charge on any atom is 0.169 e. The minimum atomic E-state index is -0.351. The molecule has 5 nitrogen and oxygen atoms in total. The van der Waals surface area contributed by atoms with Crippen LogP contribution in [0, 0.1) is 0 Å². The van der Waals surface area contributed by atoms with E-state index >= 15 is 0 Å². The van der Waals surface area contributed by atoms with E-state index in [1.54, 1.807) is 30.4 Å². The van der Waals surface area contributed by atoms with Crippen LogP contribution in [0.15, 0.2) is 66.7 Å². The van der Waals surface area contributed by atoms with Gasteiger partial charge in [-0.05, 0) is 53.1 Å². The topological polar surface area (TPSA) is 101 Å². The Bertz CT molecular complexity index is 1280. The van der Waals surface area contributed by atoms with Crippen LogP contribution in [0.25, 0.3) is 22.9 Å². The molecule has 0 aliphatic heterocycles. The molecule has 156 valence electrons. The molecule has 0 aromatic heterocycles. The minimum Gasteiger partial charge on any atom is -0.507 e. The largest absolute Gasteiger partial charge is 0.507 e. The highest BCUT2D eigenvalue weighted by molar-refractivity contribution is 6.03. The number of phenols is 5. The molecule has 0 amide bonds. The van der Waals surface area contributed by atoms with Gasteiger partial charge in [-0.2, -0.15) is 0 Å². The van der Waals surface area contributed by atoms with Gasteiger partial charge in [0.05, 0.1) is 5.39 Å². The molecule has 4 rings (SSSR count). The van der Waals surface area contributed by atoms with Crippen LogP contribution in [0.4, 0.5) is 0 Å². The number of benzene rings is 4. The SMILES string of the molecule is Oc1ccc(C=Cc2c(CCc3ccccc3)c(O)c(O)c3c(O)cccc23)cc1O. The minimum absolute atomic E-state index is 0.128. The van der Waals surface area contributed by atoms with E-state index in [4.69, 9.17) is 0 Å². The van der Waals surface area contributed by atoms with Crippen molar-refractivity contribution in [3.63, 3.8) is 0 Å². The summed E-state index contributed by atoms with van der Waals surface area (Å²) in [5, 5.41) is 51.7. The van der Waals surface area contributed by atoms with E-state index in [2.05, 4.69) is 0 Å². The van der Waals surface area contributed by atoms with Crippen molar-refractivity contribution in [2.24, 2.45) is 0 Å². The molecule has 5 heteroatoms. The molecule has 0 unspecified atom stereocenters. The van der Waals surface area contributed by atoms with Gasteiger partial charge in [0.15, 0.2) is 23.0 Å². The van der Waals surface area contributed by atoms with Crippen molar-refractivity contribution in [2.75, 3.05) is 0 Å². The zero-order valence-corrected chi connectivity index (χ0v) is 16.7. The third-order valence-corrected chi connectivity index (χ3v) is 5.35. The van der Waals surface area contributed by atoms with Crippen molar-refractivity contribution in [1.29, 1.82) is 0 Å². The average Bonchev–Trinajstić information content (AvgIpc) is 2.77. The molecule has 0 saturated carbocycles. The summed E-state index contributed by atoms with van der Waals surface area (Å²) in [6.07, 6.45) is 4.63. The van der Waals surface area contributed by atoms with Crippen LogP contribution in [-0.2, 0) is 12.8 Å². The molecule has 31 heavy (non-hydrogen) atoms. The Morgan fingerprint density at radius 1 is 0.613 bits per heavy atom. The molecule has 0 saturated heterocycles. The lowest BCUT2D eigenvalue weighted by molar-refractivity contribution is 0.401. The maximum absolute atomic E-state index is 10.8. The Kier molecular flexibility index (Phi) is 5.41. The summed E-state index contributed by atoms with van der Waals surface area (Å²) < 4.78 is 0. The van der Waals surface area contributed by atoms with E-state index in [-0.39, 0.29) is 34.1 Å². The van der Waals surface area contributed by atoms with Crippen LogP contribution in [0.5, 0.6) is 28.7 Å². The summed E-state index contributed by atoms with van der Waals surface area (Å²) in [6, 6.07) is 19.2. The number of hydrogen-bond acceptors (Lipinski definition) is 5. The Morgan fingerprint density at radius 3 is 2.13 bits per heavy atom. The molecule has 0 heterocycles. The molecule has 4 aromatic carbocycles.